The number of halogens is 1. The molecule has 1 aliphatic rings. The number of rotatable bonds is 3. The molecule has 8 heteroatoms. The molecule has 0 saturated carbocycles. The molecule has 1 aromatic heterocycles. The smallest absolute Gasteiger partial charge is 0.282 e. The normalized spacial score (nSPS) is 13.5. The van der Waals surface area contributed by atoms with Gasteiger partial charge in [-0.1, -0.05) is 34.1 Å². The molecule has 0 aliphatic carbocycles. The van der Waals surface area contributed by atoms with Crippen LogP contribution >= 0.6 is 15.9 Å². The number of hydrogen-bond donors (Lipinski definition) is 1. The molecule has 7 nitrogen and oxygen atoms in total. The fraction of sp³-hybridized carbons (Fsp3) is 0.120. The number of amides is 2. The minimum atomic E-state index is -0.538. The molecule has 3 aromatic carbocycles. The average molecular weight is 503 g/mol. The van der Waals surface area contributed by atoms with Crippen LogP contribution in [0.2, 0.25) is 0 Å². The van der Waals surface area contributed by atoms with E-state index in [1.165, 1.54) is 10.9 Å². The molecule has 0 radical (unpaired) electrons. The van der Waals surface area contributed by atoms with E-state index in [9.17, 15) is 14.4 Å². The fourth-order valence-corrected chi connectivity index (χ4v) is 4.51. The Morgan fingerprint density at radius 3 is 2.42 bits per heavy atom. The zero-order chi connectivity index (χ0) is 23.4. The molecule has 164 valence electrons. The van der Waals surface area contributed by atoms with Crippen molar-refractivity contribution < 1.29 is 9.59 Å². The van der Waals surface area contributed by atoms with Crippen LogP contribution in [0.25, 0.3) is 16.5 Å². The monoisotopic (exact) mass is 502 g/mol. The molecule has 1 N–H and O–H groups in total. The number of hydrogen-bond acceptors (Lipinski definition) is 4. The summed E-state index contributed by atoms with van der Waals surface area (Å²) in [5.41, 5.74) is 4.18. The molecule has 0 spiro atoms. The van der Waals surface area contributed by atoms with Crippen LogP contribution < -0.4 is 5.56 Å². The van der Waals surface area contributed by atoms with E-state index in [2.05, 4.69) is 26.1 Å². The first-order valence-electron chi connectivity index (χ1n) is 10.3. The van der Waals surface area contributed by atoms with Crippen LogP contribution in [-0.4, -0.2) is 32.8 Å². The Balaban J connectivity index is 1.56. The van der Waals surface area contributed by atoms with Gasteiger partial charge in [0, 0.05) is 15.6 Å². The number of H-pyrrole nitrogens is 1. The first-order valence-corrected chi connectivity index (χ1v) is 11.1. The number of aryl methyl sites for hydroxylation is 3. The van der Waals surface area contributed by atoms with Crippen molar-refractivity contribution in [2.24, 2.45) is 5.10 Å². The fourth-order valence-electron chi connectivity index (χ4n) is 4.04. The maximum absolute atomic E-state index is 13.1. The molecular formula is C25H19BrN4O3. The number of carbonyl (C=O) groups excluding carboxylic acids is 2. The molecule has 0 unspecified atom stereocenters. The molecule has 4 aromatic rings. The standard InChI is InChI=1S/C25H19BrN4O3/c1-13-7-8-18(9-14(13)2)29-25(33)21(15(3)28-29)12-27-30-23(31)19-6-4-5-16-10-17(26)11-20(22(16)19)24(30)32/h4-12,28H,1-3H3/b27-12+. The summed E-state index contributed by atoms with van der Waals surface area (Å²) in [5.74, 6) is -1.07. The molecular weight excluding hydrogens is 484 g/mol. The third-order valence-corrected chi connectivity index (χ3v) is 6.41. The maximum Gasteiger partial charge on any atom is 0.282 e. The summed E-state index contributed by atoms with van der Waals surface area (Å²) >= 11 is 3.42. The molecule has 0 fully saturated rings. The van der Waals surface area contributed by atoms with Crippen LogP contribution in [0.3, 0.4) is 0 Å². The highest BCUT2D eigenvalue weighted by Gasteiger charge is 2.33. The summed E-state index contributed by atoms with van der Waals surface area (Å²) in [6.45, 7) is 5.73. The van der Waals surface area contributed by atoms with Gasteiger partial charge in [-0.2, -0.15) is 10.1 Å². The number of aromatic amines is 1. The van der Waals surface area contributed by atoms with E-state index in [1.807, 2.05) is 44.2 Å². The topological polar surface area (TPSA) is 87.5 Å². The molecule has 5 rings (SSSR count). The quantitative estimate of drug-likeness (QED) is 0.327. The highest BCUT2D eigenvalue weighted by atomic mass is 79.9. The second-order valence-corrected chi connectivity index (χ2v) is 9.00. The lowest BCUT2D eigenvalue weighted by molar-refractivity contribution is 0.0616. The summed E-state index contributed by atoms with van der Waals surface area (Å²) in [6.07, 6.45) is 1.27. The van der Waals surface area contributed by atoms with Crippen LogP contribution in [0.4, 0.5) is 0 Å². The van der Waals surface area contributed by atoms with Crippen LogP contribution in [0.15, 0.2) is 62.9 Å². The highest BCUT2D eigenvalue weighted by Crippen LogP contribution is 2.32. The van der Waals surface area contributed by atoms with E-state index in [1.54, 1.807) is 25.1 Å². The van der Waals surface area contributed by atoms with Crippen molar-refractivity contribution in [3.8, 4) is 5.69 Å². The Morgan fingerprint density at radius 2 is 1.67 bits per heavy atom. The van der Waals surface area contributed by atoms with Crippen LogP contribution in [0.1, 0.15) is 43.1 Å². The van der Waals surface area contributed by atoms with Gasteiger partial charge in [0.1, 0.15) is 0 Å². The van der Waals surface area contributed by atoms with Gasteiger partial charge < -0.3 is 0 Å². The second kappa shape index (κ2) is 7.67. The molecule has 2 amide bonds. The van der Waals surface area contributed by atoms with Crippen molar-refractivity contribution >= 4 is 44.7 Å². The highest BCUT2D eigenvalue weighted by molar-refractivity contribution is 9.10. The number of nitrogens with zero attached hydrogens (tertiary/aromatic N) is 3. The van der Waals surface area contributed by atoms with E-state index >= 15 is 0 Å². The van der Waals surface area contributed by atoms with E-state index in [4.69, 9.17) is 0 Å². The summed E-state index contributed by atoms with van der Waals surface area (Å²) in [4.78, 5) is 39.3. The number of benzene rings is 3. The number of carbonyl (C=O) groups is 2. The van der Waals surface area contributed by atoms with Crippen molar-refractivity contribution in [2.45, 2.75) is 20.8 Å². The van der Waals surface area contributed by atoms with Crippen molar-refractivity contribution in [3.63, 3.8) is 0 Å². The number of hydrazone groups is 1. The van der Waals surface area contributed by atoms with Gasteiger partial charge in [-0.15, -0.1) is 0 Å². The molecule has 33 heavy (non-hydrogen) atoms. The first-order chi connectivity index (χ1) is 15.8. The number of imide groups is 1. The van der Waals surface area contributed by atoms with Gasteiger partial charge in [0.25, 0.3) is 17.4 Å². The molecule has 0 bridgehead atoms. The predicted molar refractivity (Wildman–Crippen MR) is 130 cm³/mol. The van der Waals surface area contributed by atoms with E-state index in [-0.39, 0.29) is 11.1 Å². The van der Waals surface area contributed by atoms with Crippen LogP contribution in [0.5, 0.6) is 0 Å². The van der Waals surface area contributed by atoms with Crippen LogP contribution in [0, 0.1) is 20.8 Å². The minimum Gasteiger partial charge on any atom is -0.295 e. The molecule has 0 saturated heterocycles. The SMILES string of the molecule is Cc1ccc(-n2[nH]c(C)c(/C=N/N3C(=O)c4cccc5cc(Br)cc(c45)C3=O)c2=O)cc1C. The van der Waals surface area contributed by atoms with Gasteiger partial charge in [0.2, 0.25) is 0 Å². The van der Waals surface area contributed by atoms with E-state index < -0.39 is 11.8 Å². The first kappa shape index (κ1) is 21.1. The zero-order valence-corrected chi connectivity index (χ0v) is 19.7. The Kier molecular flexibility index (Phi) is 4.90. The van der Waals surface area contributed by atoms with Crippen molar-refractivity contribution in [1.82, 2.24) is 14.8 Å². The van der Waals surface area contributed by atoms with Crippen molar-refractivity contribution in [3.05, 3.63) is 96.9 Å². The summed E-state index contributed by atoms with van der Waals surface area (Å²) in [6, 6.07) is 14.5. The van der Waals surface area contributed by atoms with Crippen molar-refractivity contribution in [2.75, 3.05) is 0 Å². The Morgan fingerprint density at radius 1 is 0.909 bits per heavy atom. The summed E-state index contributed by atoms with van der Waals surface area (Å²) < 4.78 is 2.15. The van der Waals surface area contributed by atoms with Crippen molar-refractivity contribution in [1.29, 1.82) is 0 Å². The van der Waals surface area contributed by atoms with E-state index in [0.29, 0.717) is 27.9 Å². The molecule has 0 atom stereocenters. The largest absolute Gasteiger partial charge is 0.295 e. The summed E-state index contributed by atoms with van der Waals surface area (Å²) in [7, 11) is 0. The molecule has 1 aliphatic heterocycles. The lowest BCUT2D eigenvalue weighted by atomic mass is 9.95. The average Bonchev–Trinajstić information content (AvgIpc) is 3.07. The zero-order valence-electron chi connectivity index (χ0n) is 18.1. The van der Waals surface area contributed by atoms with E-state index in [0.717, 1.165) is 26.0 Å². The van der Waals surface area contributed by atoms with Gasteiger partial charge in [0.15, 0.2) is 0 Å². The second-order valence-electron chi connectivity index (χ2n) is 8.08. The predicted octanol–water partition coefficient (Wildman–Crippen LogP) is 4.64. The number of aromatic nitrogens is 2. The molecule has 2 heterocycles. The Labute approximate surface area is 197 Å². The minimum absolute atomic E-state index is 0.270. The lowest BCUT2D eigenvalue weighted by Crippen LogP contribution is -2.36. The van der Waals surface area contributed by atoms with Gasteiger partial charge in [-0.3, -0.25) is 19.5 Å². The van der Waals surface area contributed by atoms with Gasteiger partial charge in [0.05, 0.1) is 28.6 Å². The number of nitrogens with one attached hydrogen (secondary N) is 1. The third-order valence-electron chi connectivity index (χ3n) is 5.96. The lowest BCUT2D eigenvalue weighted by Gasteiger charge is -2.23. The van der Waals surface area contributed by atoms with Gasteiger partial charge >= 0.3 is 0 Å². The maximum atomic E-state index is 13.1. The van der Waals surface area contributed by atoms with Gasteiger partial charge in [-0.25, -0.2) is 4.68 Å². The summed E-state index contributed by atoms with van der Waals surface area (Å²) in [5, 5.41) is 9.41. The third kappa shape index (κ3) is 3.34. The van der Waals surface area contributed by atoms with Gasteiger partial charge in [-0.05, 0) is 67.6 Å². The van der Waals surface area contributed by atoms with Crippen LogP contribution in [-0.2, 0) is 0 Å². The Hall–Kier alpha value is -3.78. The Bertz CT molecular complexity index is 1580.